The van der Waals surface area contributed by atoms with E-state index in [4.69, 9.17) is 9.84 Å². The summed E-state index contributed by atoms with van der Waals surface area (Å²) >= 11 is 0. The molecule has 0 aliphatic carbocycles. The average molecular weight is 283 g/mol. The lowest BCUT2D eigenvalue weighted by molar-refractivity contribution is -0.0170. The van der Waals surface area contributed by atoms with Crippen LogP contribution in [0.2, 0.25) is 0 Å². The molecule has 1 aliphatic rings. The Hall–Kier alpha value is -1.83. The van der Waals surface area contributed by atoms with Gasteiger partial charge in [0, 0.05) is 11.6 Å². The van der Waals surface area contributed by atoms with E-state index < -0.39 is 30.3 Å². The Balaban J connectivity index is 2.11. The number of carbonyl (C=O) groups excluding carboxylic acids is 1. The molecular weight excluding hydrogens is 266 g/mol. The van der Waals surface area contributed by atoms with E-state index in [1.165, 1.54) is 12.1 Å². The number of phenols is 2. The van der Waals surface area contributed by atoms with Crippen molar-refractivity contribution in [3.63, 3.8) is 0 Å². The van der Waals surface area contributed by atoms with Crippen LogP contribution in [-0.4, -0.2) is 57.3 Å². The quantitative estimate of drug-likeness (QED) is 0.502. The van der Waals surface area contributed by atoms with E-state index in [0.717, 1.165) is 6.07 Å². The summed E-state index contributed by atoms with van der Waals surface area (Å²) in [7, 11) is 0. The number of nitrogens with one attached hydrogen (secondary N) is 1. The van der Waals surface area contributed by atoms with Crippen LogP contribution < -0.4 is 5.32 Å². The summed E-state index contributed by atoms with van der Waals surface area (Å²) in [5, 5.41) is 40.2. The molecule has 0 radical (unpaired) electrons. The number of carbonyl (C=O) groups is 1. The summed E-state index contributed by atoms with van der Waals surface area (Å²) in [6, 6.07) is 2.83. The fraction of sp³-hybridized carbons (Fsp3) is 0.462. The van der Waals surface area contributed by atoms with Crippen molar-refractivity contribution in [2.75, 3.05) is 6.61 Å². The number of phenolic OH excluding ortho intramolecular Hbond substituents is 2. The largest absolute Gasteiger partial charge is 0.508 e. The van der Waals surface area contributed by atoms with Gasteiger partial charge in [0.05, 0.1) is 18.8 Å². The fourth-order valence-electron chi connectivity index (χ4n) is 2.26. The molecule has 2 rings (SSSR count). The van der Waals surface area contributed by atoms with Gasteiger partial charge in [-0.25, -0.2) is 0 Å². The smallest absolute Gasteiger partial charge is 0.251 e. The van der Waals surface area contributed by atoms with Gasteiger partial charge < -0.3 is 30.5 Å². The minimum Gasteiger partial charge on any atom is -0.508 e. The first-order chi connectivity index (χ1) is 9.42. The van der Waals surface area contributed by atoms with E-state index in [2.05, 4.69) is 5.32 Å². The molecule has 5 N–H and O–H groups in total. The number of amides is 1. The van der Waals surface area contributed by atoms with Crippen molar-refractivity contribution in [3.8, 4) is 11.5 Å². The second-order valence-electron chi connectivity index (χ2n) is 4.79. The van der Waals surface area contributed by atoms with Crippen LogP contribution in [0, 0.1) is 0 Å². The molecule has 0 saturated carbocycles. The molecule has 0 bridgehead atoms. The summed E-state index contributed by atoms with van der Waals surface area (Å²) in [5.74, 6) is -1.03. The van der Waals surface area contributed by atoms with Gasteiger partial charge in [-0.3, -0.25) is 4.79 Å². The first-order valence-electron chi connectivity index (χ1n) is 6.20. The Bertz CT molecular complexity index is 485. The minimum absolute atomic E-state index is 0.0642. The molecule has 7 heteroatoms. The molecular formula is C13H17NO6. The van der Waals surface area contributed by atoms with Gasteiger partial charge in [0.15, 0.2) is 0 Å². The predicted molar refractivity (Wildman–Crippen MR) is 68.5 cm³/mol. The van der Waals surface area contributed by atoms with Crippen LogP contribution in [0.4, 0.5) is 0 Å². The second kappa shape index (κ2) is 5.66. The first kappa shape index (κ1) is 14.6. The van der Waals surface area contributed by atoms with E-state index in [0.29, 0.717) is 0 Å². The molecule has 1 unspecified atom stereocenters. The summed E-state index contributed by atoms with van der Waals surface area (Å²) in [5.41, 5.74) is 0.0642. The summed E-state index contributed by atoms with van der Waals surface area (Å²) in [4.78, 5) is 12.0. The van der Waals surface area contributed by atoms with Crippen molar-refractivity contribution in [3.05, 3.63) is 23.8 Å². The van der Waals surface area contributed by atoms with Crippen LogP contribution in [0.3, 0.4) is 0 Å². The average Bonchev–Trinajstić information content (AvgIpc) is 2.65. The van der Waals surface area contributed by atoms with Crippen LogP contribution in [0.1, 0.15) is 17.3 Å². The Morgan fingerprint density at radius 2 is 1.90 bits per heavy atom. The van der Waals surface area contributed by atoms with Crippen LogP contribution in [0.25, 0.3) is 0 Å². The fourth-order valence-corrected chi connectivity index (χ4v) is 2.26. The lowest BCUT2D eigenvalue weighted by Crippen LogP contribution is -2.47. The number of aliphatic hydroxyl groups is 2. The van der Waals surface area contributed by atoms with E-state index in [9.17, 15) is 20.1 Å². The molecule has 1 fully saturated rings. The number of benzene rings is 1. The maximum atomic E-state index is 12.0. The lowest BCUT2D eigenvalue weighted by atomic mass is 10.0. The summed E-state index contributed by atoms with van der Waals surface area (Å²) in [6.45, 7) is 1.33. The highest BCUT2D eigenvalue weighted by Gasteiger charge is 2.41. The Labute approximate surface area is 115 Å². The normalized spacial score (nSPS) is 29.4. The van der Waals surface area contributed by atoms with Crippen molar-refractivity contribution in [1.82, 2.24) is 5.32 Å². The lowest BCUT2D eigenvalue weighted by Gasteiger charge is -2.19. The van der Waals surface area contributed by atoms with Gasteiger partial charge in [0.2, 0.25) is 0 Å². The van der Waals surface area contributed by atoms with Gasteiger partial charge in [-0.1, -0.05) is 0 Å². The maximum Gasteiger partial charge on any atom is 0.251 e. The van der Waals surface area contributed by atoms with E-state index >= 15 is 0 Å². The van der Waals surface area contributed by atoms with Crippen molar-refractivity contribution in [2.24, 2.45) is 0 Å². The summed E-state index contributed by atoms with van der Waals surface area (Å²) in [6.07, 6.45) is -2.23. The maximum absolute atomic E-state index is 12.0. The van der Waals surface area contributed by atoms with E-state index in [-0.39, 0.29) is 23.7 Å². The molecule has 20 heavy (non-hydrogen) atoms. The topological polar surface area (TPSA) is 119 Å². The molecule has 1 aliphatic heterocycles. The highest BCUT2D eigenvalue weighted by Crippen LogP contribution is 2.23. The van der Waals surface area contributed by atoms with Crippen molar-refractivity contribution in [2.45, 2.75) is 31.3 Å². The van der Waals surface area contributed by atoms with Crippen molar-refractivity contribution >= 4 is 5.91 Å². The molecule has 4 atom stereocenters. The zero-order chi connectivity index (χ0) is 14.9. The highest BCUT2D eigenvalue weighted by molar-refractivity contribution is 5.95. The number of hydrogen-bond acceptors (Lipinski definition) is 6. The number of ether oxygens (including phenoxy) is 1. The van der Waals surface area contributed by atoms with Gasteiger partial charge in [0.1, 0.15) is 23.7 Å². The van der Waals surface area contributed by atoms with Gasteiger partial charge in [-0.2, -0.15) is 0 Å². The van der Waals surface area contributed by atoms with Crippen LogP contribution in [0.5, 0.6) is 11.5 Å². The van der Waals surface area contributed by atoms with Crippen molar-refractivity contribution in [1.29, 1.82) is 0 Å². The SMILES string of the molecule is C[C@@H]1O[C@H](CO)[C@H](O)C1NC(=O)c1cc(O)cc(O)c1. The van der Waals surface area contributed by atoms with Crippen molar-refractivity contribution < 1.29 is 30.0 Å². The monoisotopic (exact) mass is 283 g/mol. The Morgan fingerprint density at radius 1 is 1.30 bits per heavy atom. The van der Waals surface area contributed by atoms with E-state index in [1.807, 2.05) is 0 Å². The first-order valence-corrected chi connectivity index (χ1v) is 6.20. The standard InChI is InChI=1S/C13H17NO6/c1-6-11(12(18)10(5-15)20-6)14-13(19)7-2-8(16)4-9(17)3-7/h2-4,6,10-12,15-18H,5H2,1H3,(H,14,19)/t6-,10+,11?,12-/m0/s1. The summed E-state index contributed by atoms with van der Waals surface area (Å²) < 4.78 is 5.31. The second-order valence-corrected chi connectivity index (χ2v) is 4.79. The molecule has 1 amide bonds. The number of aliphatic hydroxyl groups excluding tert-OH is 2. The third-order valence-corrected chi connectivity index (χ3v) is 3.29. The van der Waals surface area contributed by atoms with Gasteiger partial charge in [-0.05, 0) is 19.1 Å². The molecule has 1 saturated heterocycles. The van der Waals surface area contributed by atoms with Gasteiger partial charge >= 0.3 is 0 Å². The number of rotatable bonds is 3. The molecule has 110 valence electrons. The predicted octanol–water partition coefficient (Wildman–Crippen LogP) is -0.663. The molecule has 0 spiro atoms. The molecule has 7 nitrogen and oxygen atoms in total. The van der Waals surface area contributed by atoms with Gasteiger partial charge in [0.25, 0.3) is 5.91 Å². The molecule has 1 aromatic rings. The molecule has 1 aromatic carbocycles. The minimum atomic E-state index is -1.02. The van der Waals surface area contributed by atoms with Crippen LogP contribution >= 0.6 is 0 Å². The number of hydrogen-bond donors (Lipinski definition) is 5. The molecule has 1 heterocycles. The Kier molecular flexibility index (Phi) is 4.12. The number of aromatic hydroxyl groups is 2. The van der Waals surface area contributed by atoms with Gasteiger partial charge in [-0.15, -0.1) is 0 Å². The zero-order valence-electron chi connectivity index (χ0n) is 10.9. The zero-order valence-corrected chi connectivity index (χ0v) is 10.9. The van der Waals surface area contributed by atoms with Crippen LogP contribution in [0.15, 0.2) is 18.2 Å². The van der Waals surface area contributed by atoms with Crippen LogP contribution in [-0.2, 0) is 4.74 Å². The van der Waals surface area contributed by atoms with E-state index in [1.54, 1.807) is 6.92 Å². The third-order valence-electron chi connectivity index (χ3n) is 3.29. The third kappa shape index (κ3) is 2.84. The highest BCUT2D eigenvalue weighted by atomic mass is 16.5. The Morgan fingerprint density at radius 3 is 2.40 bits per heavy atom. The molecule has 0 aromatic heterocycles.